The molecule has 2 heterocycles. The van der Waals surface area contributed by atoms with Crippen molar-refractivity contribution >= 4 is 0 Å². The maximum absolute atomic E-state index is 10.2. The first-order chi connectivity index (χ1) is 8.07. The monoisotopic (exact) mass is 247 g/mol. The third-order valence-electron chi connectivity index (χ3n) is 3.60. The van der Waals surface area contributed by atoms with Crippen molar-refractivity contribution in [1.29, 1.82) is 0 Å². The Bertz CT molecular complexity index is 258. The molecule has 0 aromatic heterocycles. The molecule has 2 aliphatic heterocycles. The molecule has 4 atom stereocenters. The van der Waals surface area contributed by atoms with Gasteiger partial charge in [-0.3, -0.25) is 4.90 Å². The van der Waals surface area contributed by atoms with Crippen molar-refractivity contribution in [3.8, 4) is 0 Å². The predicted molar refractivity (Wildman–Crippen MR) is 59.2 cm³/mol. The summed E-state index contributed by atoms with van der Waals surface area (Å²) in [4.78, 5) is 2.01. The lowest BCUT2D eigenvalue weighted by Gasteiger charge is -2.34. The van der Waals surface area contributed by atoms with Crippen LogP contribution < -0.4 is 0 Å². The van der Waals surface area contributed by atoms with E-state index in [1.165, 1.54) is 6.42 Å². The van der Waals surface area contributed by atoms with Crippen LogP contribution in [0.2, 0.25) is 0 Å². The van der Waals surface area contributed by atoms with Gasteiger partial charge in [0, 0.05) is 0 Å². The van der Waals surface area contributed by atoms with Crippen molar-refractivity contribution in [2.75, 3.05) is 26.2 Å². The Balaban J connectivity index is 1.98. The fourth-order valence-electron chi connectivity index (χ4n) is 2.59. The lowest BCUT2D eigenvalue weighted by atomic mass is 10.0. The first-order valence-electron chi connectivity index (χ1n) is 6.16. The summed E-state index contributed by atoms with van der Waals surface area (Å²) in [6.07, 6.45) is -0.215. The molecule has 100 valence electrons. The fourth-order valence-corrected chi connectivity index (χ4v) is 2.59. The Kier molecular flexibility index (Phi) is 4.02. The summed E-state index contributed by atoms with van der Waals surface area (Å²) in [5, 5.41) is 38.6. The van der Waals surface area contributed by atoms with Gasteiger partial charge < -0.3 is 25.2 Å². The van der Waals surface area contributed by atoms with Gasteiger partial charge in [0.05, 0.1) is 13.2 Å². The van der Waals surface area contributed by atoms with E-state index < -0.39 is 30.7 Å². The molecule has 0 spiro atoms. The van der Waals surface area contributed by atoms with E-state index in [1.54, 1.807) is 0 Å². The van der Waals surface area contributed by atoms with Crippen molar-refractivity contribution in [2.45, 2.75) is 43.4 Å². The average Bonchev–Trinajstić information content (AvgIpc) is 2.55. The molecule has 4 N–H and O–H groups in total. The van der Waals surface area contributed by atoms with Crippen molar-refractivity contribution < 1.29 is 25.2 Å². The van der Waals surface area contributed by atoms with Crippen molar-refractivity contribution in [3.05, 3.63) is 0 Å². The molecule has 2 fully saturated rings. The standard InChI is InChI=1S/C11H21NO5/c13-6-8-9(14)10(15)11(16,17-8)7-12-4-2-1-3-5-12/h8-10,13-16H,1-7H2/t8-,9-,10+,11-/m1/s1. The molecular weight excluding hydrogens is 226 g/mol. The van der Waals surface area contributed by atoms with E-state index in [-0.39, 0.29) is 6.54 Å². The summed E-state index contributed by atoms with van der Waals surface area (Å²) in [6.45, 7) is 1.47. The second-order valence-corrected chi connectivity index (χ2v) is 4.96. The number of hydrogen-bond acceptors (Lipinski definition) is 6. The quantitative estimate of drug-likeness (QED) is 0.474. The van der Waals surface area contributed by atoms with Crippen LogP contribution in [0.5, 0.6) is 0 Å². The lowest BCUT2D eigenvalue weighted by molar-refractivity contribution is -0.239. The summed E-state index contributed by atoms with van der Waals surface area (Å²) in [7, 11) is 0. The minimum absolute atomic E-state index is 0.168. The number of nitrogens with zero attached hydrogens (tertiary/aromatic N) is 1. The zero-order valence-electron chi connectivity index (χ0n) is 9.83. The maximum Gasteiger partial charge on any atom is 0.208 e. The largest absolute Gasteiger partial charge is 0.394 e. The van der Waals surface area contributed by atoms with E-state index in [2.05, 4.69) is 0 Å². The molecule has 2 saturated heterocycles. The van der Waals surface area contributed by atoms with Gasteiger partial charge in [0.15, 0.2) is 0 Å². The van der Waals surface area contributed by atoms with Crippen molar-refractivity contribution in [2.24, 2.45) is 0 Å². The fraction of sp³-hybridized carbons (Fsp3) is 1.00. The Morgan fingerprint density at radius 2 is 1.82 bits per heavy atom. The highest BCUT2D eigenvalue weighted by atomic mass is 16.7. The predicted octanol–water partition coefficient (Wildman–Crippen LogP) is -1.73. The summed E-state index contributed by atoms with van der Waals surface area (Å²) in [5.74, 6) is -1.77. The summed E-state index contributed by atoms with van der Waals surface area (Å²) in [5.41, 5.74) is 0. The van der Waals surface area contributed by atoms with Gasteiger partial charge in [0.2, 0.25) is 5.79 Å². The van der Waals surface area contributed by atoms with Crippen LogP contribution >= 0.6 is 0 Å². The van der Waals surface area contributed by atoms with Gasteiger partial charge in [-0.25, -0.2) is 0 Å². The highest BCUT2D eigenvalue weighted by molar-refractivity contribution is 4.97. The van der Waals surface area contributed by atoms with Gasteiger partial charge in [0.25, 0.3) is 0 Å². The molecule has 2 aliphatic rings. The number of aliphatic hydroxyl groups excluding tert-OH is 3. The number of ether oxygens (including phenoxy) is 1. The molecule has 0 aromatic rings. The average molecular weight is 247 g/mol. The normalized spacial score (nSPS) is 44.1. The minimum Gasteiger partial charge on any atom is -0.394 e. The van der Waals surface area contributed by atoms with Gasteiger partial charge in [-0.05, 0) is 25.9 Å². The Morgan fingerprint density at radius 3 is 2.35 bits per heavy atom. The highest BCUT2D eigenvalue weighted by Crippen LogP contribution is 2.30. The van der Waals surface area contributed by atoms with E-state index in [9.17, 15) is 15.3 Å². The molecular formula is C11H21NO5. The SMILES string of the molecule is OC[C@H]1O[C@](O)(CN2CCCCC2)[C@@H](O)[C@@H]1O. The smallest absolute Gasteiger partial charge is 0.208 e. The van der Waals surface area contributed by atoms with Crippen LogP contribution in [0, 0.1) is 0 Å². The Hall–Kier alpha value is -0.240. The third kappa shape index (κ3) is 2.62. The van der Waals surface area contributed by atoms with E-state index in [0.29, 0.717) is 0 Å². The van der Waals surface area contributed by atoms with Crippen LogP contribution in [0.3, 0.4) is 0 Å². The molecule has 0 radical (unpaired) electrons. The molecule has 0 bridgehead atoms. The second kappa shape index (κ2) is 5.17. The second-order valence-electron chi connectivity index (χ2n) is 4.96. The number of rotatable bonds is 3. The van der Waals surface area contributed by atoms with Crippen molar-refractivity contribution in [1.82, 2.24) is 4.90 Å². The number of β-amino-alcohol motifs (C(OH)–C–C–N with tert-alkyl or cyclic N) is 1. The van der Waals surface area contributed by atoms with Gasteiger partial charge >= 0.3 is 0 Å². The highest BCUT2D eigenvalue weighted by Gasteiger charge is 2.53. The summed E-state index contributed by atoms with van der Waals surface area (Å²) in [6, 6.07) is 0. The third-order valence-corrected chi connectivity index (χ3v) is 3.60. The number of hydrogen-bond donors (Lipinski definition) is 4. The molecule has 6 heteroatoms. The molecule has 17 heavy (non-hydrogen) atoms. The van der Waals surface area contributed by atoms with E-state index >= 15 is 0 Å². The zero-order valence-corrected chi connectivity index (χ0v) is 9.83. The Labute approximate surface area is 100 Å². The van der Waals surface area contributed by atoms with Crippen LogP contribution in [0.25, 0.3) is 0 Å². The van der Waals surface area contributed by atoms with Gasteiger partial charge in [-0.2, -0.15) is 0 Å². The zero-order chi connectivity index (χ0) is 12.5. The molecule has 0 aliphatic carbocycles. The topological polar surface area (TPSA) is 93.4 Å². The van der Waals surface area contributed by atoms with Gasteiger partial charge in [0.1, 0.15) is 18.3 Å². The number of aliphatic hydroxyl groups is 4. The molecule has 0 amide bonds. The van der Waals surface area contributed by atoms with Gasteiger partial charge in [-0.15, -0.1) is 0 Å². The van der Waals surface area contributed by atoms with Crippen molar-refractivity contribution in [3.63, 3.8) is 0 Å². The Morgan fingerprint density at radius 1 is 1.18 bits per heavy atom. The van der Waals surface area contributed by atoms with Crippen LogP contribution in [-0.2, 0) is 4.74 Å². The van der Waals surface area contributed by atoms with Gasteiger partial charge in [-0.1, -0.05) is 6.42 Å². The first-order valence-corrected chi connectivity index (χ1v) is 6.16. The molecule has 2 rings (SSSR count). The summed E-state index contributed by atoms with van der Waals surface area (Å²) >= 11 is 0. The first kappa shape index (κ1) is 13.2. The summed E-state index contributed by atoms with van der Waals surface area (Å²) < 4.78 is 5.19. The van der Waals surface area contributed by atoms with Crippen LogP contribution in [0.4, 0.5) is 0 Å². The van der Waals surface area contributed by atoms with E-state index in [0.717, 1.165) is 25.9 Å². The molecule has 0 aromatic carbocycles. The molecule has 0 saturated carbocycles. The van der Waals surface area contributed by atoms with Crippen LogP contribution in [-0.4, -0.2) is 75.7 Å². The molecule has 6 nitrogen and oxygen atoms in total. The minimum atomic E-state index is -1.77. The molecule has 0 unspecified atom stereocenters. The van der Waals surface area contributed by atoms with E-state index in [4.69, 9.17) is 9.84 Å². The number of piperidine rings is 1. The lowest BCUT2D eigenvalue weighted by Crippen LogP contribution is -2.52. The number of likely N-dealkylation sites (tertiary alicyclic amines) is 1. The van der Waals surface area contributed by atoms with Crippen LogP contribution in [0.1, 0.15) is 19.3 Å². The van der Waals surface area contributed by atoms with Crippen LogP contribution in [0.15, 0.2) is 0 Å². The maximum atomic E-state index is 10.2. The van der Waals surface area contributed by atoms with E-state index in [1.807, 2.05) is 4.90 Å².